The fourth-order valence-electron chi connectivity index (χ4n) is 1.66. The van der Waals surface area contributed by atoms with Crippen LogP contribution >= 0.6 is 11.8 Å². The minimum atomic E-state index is 0.0781. The van der Waals surface area contributed by atoms with Crippen LogP contribution in [0.25, 0.3) is 0 Å². The molecule has 5 nitrogen and oxygen atoms in total. The SMILES string of the molecule is CC(=O)c1ccc(Sc2nnnn2C2CC2)cc1. The molecule has 1 aromatic heterocycles. The number of benzene rings is 1. The zero-order valence-corrected chi connectivity index (χ0v) is 10.7. The molecule has 0 unspecified atom stereocenters. The van der Waals surface area contributed by atoms with Crippen LogP contribution < -0.4 is 0 Å². The van der Waals surface area contributed by atoms with Crippen molar-refractivity contribution < 1.29 is 4.79 Å². The van der Waals surface area contributed by atoms with Gasteiger partial charge in [-0.05, 0) is 54.1 Å². The van der Waals surface area contributed by atoms with Gasteiger partial charge in [0.2, 0.25) is 5.16 Å². The van der Waals surface area contributed by atoms with Crippen LogP contribution in [0.3, 0.4) is 0 Å². The molecule has 0 radical (unpaired) electrons. The van der Waals surface area contributed by atoms with E-state index in [0.29, 0.717) is 6.04 Å². The van der Waals surface area contributed by atoms with Crippen LogP contribution in [0, 0.1) is 0 Å². The smallest absolute Gasteiger partial charge is 0.214 e. The zero-order chi connectivity index (χ0) is 12.5. The van der Waals surface area contributed by atoms with Gasteiger partial charge in [0, 0.05) is 10.5 Å². The molecule has 0 aliphatic heterocycles. The summed E-state index contributed by atoms with van der Waals surface area (Å²) >= 11 is 1.53. The number of carbonyl (C=O) groups is 1. The van der Waals surface area contributed by atoms with Crippen molar-refractivity contribution >= 4 is 17.5 Å². The molecule has 3 rings (SSSR count). The van der Waals surface area contributed by atoms with E-state index in [9.17, 15) is 4.79 Å². The molecule has 0 N–H and O–H groups in total. The molecule has 0 atom stereocenters. The van der Waals surface area contributed by atoms with Crippen molar-refractivity contribution in [2.24, 2.45) is 0 Å². The molecular formula is C12H12N4OS. The molecule has 1 fully saturated rings. The number of rotatable bonds is 4. The largest absolute Gasteiger partial charge is 0.295 e. The monoisotopic (exact) mass is 260 g/mol. The fraction of sp³-hybridized carbons (Fsp3) is 0.333. The first kappa shape index (κ1) is 11.4. The van der Waals surface area contributed by atoms with Crippen molar-refractivity contribution in [1.29, 1.82) is 0 Å². The molecule has 1 aliphatic rings. The third-order valence-electron chi connectivity index (χ3n) is 2.83. The van der Waals surface area contributed by atoms with Gasteiger partial charge in [-0.2, -0.15) is 0 Å². The quantitative estimate of drug-likeness (QED) is 0.790. The molecule has 18 heavy (non-hydrogen) atoms. The van der Waals surface area contributed by atoms with Crippen LogP contribution in [0.4, 0.5) is 0 Å². The van der Waals surface area contributed by atoms with Crippen molar-refractivity contribution in [3.63, 3.8) is 0 Å². The second-order valence-corrected chi connectivity index (χ2v) is 5.36. The average Bonchev–Trinajstić information content (AvgIpc) is 3.11. The first-order valence-corrected chi connectivity index (χ1v) is 6.62. The van der Waals surface area contributed by atoms with Gasteiger partial charge >= 0.3 is 0 Å². The van der Waals surface area contributed by atoms with Crippen molar-refractivity contribution in [2.75, 3.05) is 0 Å². The predicted molar refractivity (Wildman–Crippen MR) is 66.7 cm³/mol. The molecule has 1 aromatic carbocycles. The number of tetrazole rings is 1. The lowest BCUT2D eigenvalue weighted by Crippen LogP contribution is -1.98. The average molecular weight is 260 g/mol. The Morgan fingerprint density at radius 3 is 2.67 bits per heavy atom. The number of aromatic nitrogens is 4. The van der Waals surface area contributed by atoms with E-state index in [-0.39, 0.29) is 5.78 Å². The third kappa shape index (κ3) is 2.28. The Balaban J connectivity index is 1.79. The summed E-state index contributed by atoms with van der Waals surface area (Å²) in [6.07, 6.45) is 2.31. The Kier molecular flexibility index (Phi) is 2.87. The molecule has 2 aromatic rings. The van der Waals surface area contributed by atoms with E-state index in [1.165, 1.54) is 11.8 Å². The van der Waals surface area contributed by atoms with Crippen molar-refractivity contribution in [1.82, 2.24) is 20.2 Å². The molecule has 92 valence electrons. The van der Waals surface area contributed by atoms with E-state index in [1.807, 2.05) is 28.9 Å². The highest BCUT2D eigenvalue weighted by Crippen LogP contribution is 2.37. The number of Topliss-reactive ketones (excluding diaryl/α,β-unsaturated/α-hetero) is 1. The van der Waals surface area contributed by atoms with Crippen LogP contribution in [-0.4, -0.2) is 26.0 Å². The minimum absolute atomic E-state index is 0.0781. The summed E-state index contributed by atoms with van der Waals surface area (Å²) < 4.78 is 1.88. The first-order valence-electron chi connectivity index (χ1n) is 5.81. The zero-order valence-electron chi connectivity index (χ0n) is 9.91. The lowest BCUT2D eigenvalue weighted by Gasteiger charge is -2.02. The van der Waals surface area contributed by atoms with Crippen molar-refractivity contribution in [3.05, 3.63) is 29.8 Å². The Hall–Kier alpha value is -1.69. The predicted octanol–water partition coefficient (Wildman–Crippen LogP) is 2.36. The molecule has 6 heteroatoms. The van der Waals surface area contributed by atoms with Crippen LogP contribution in [0.1, 0.15) is 36.2 Å². The highest BCUT2D eigenvalue weighted by Gasteiger charge is 2.28. The Labute approximate surface area is 109 Å². The van der Waals surface area contributed by atoms with Gasteiger partial charge in [-0.15, -0.1) is 5.10 Å². The van der Waals surface area contributed by atoms with Gasteiger partial charge in [-0.25, -0.2) is 4.68 Å². The summed E-state index contributed by atoms with van der Waals surface area (Å²) in [5.74, 6) is 0.0781. The van der Waals surface area contributed by atoms with E-state index < -0.39 is 0 Å². The van der Waals surface area contributed by atoms with Crippen molar-refractivity contribution in [3.8, 4) is 0 Å². The van der Waals surface area contributed by atoms with E-state index >= 15 is 0 Å². The van der Waals surface area contributed by atoms with E-state index in [2.05, 4.69) is 15.5 Å². The molecule has 0 spiro atoms. The molecule has 1 saturated carbocycles. The maximum atomic E-state index is 11.2. The summed E-state index contributed by atoms with van der Waals surface area (Å²) in [7, 11) is 0. The summed E-state index contributed by atoms with van der Waals surface area (Å²) in [6, 6.07) is 7.98. The molecule has 0 bridgehead atoms. The van der Waals surface area contributed by atoms with Crippen LogP contribution in [0.2, 0.25) is 0 Å². The lowest BCUT2D eigenvalue weighted by atomic mass is 10.2. The molecular weight excluding hydrogens is 248 g/mol. The number of ketones is 1. The Morgan fingerprint density at radius 1 is 1.33 bits per heavy atom. The molecule has 1 heterocycles. The van der Waals surface area contributed by atoms with Crippen LogP contribution in [-0.2, 0) is 0 Å². The van der Waals surface area contributed by atoms with Gasteiger partial charge in [0.1, 0.15) is 0 Å². The number of hydrogen-bond donors (Lipinski definition) is 0. The van der Waals surface area contributed by atoms with Gasteiger partial charge < -0.3 is 0 Å². The van der Waals surface area contributed by atoms with E-state index in [1.54, 1.807) is 6.92 Å². The summed E-state index contributed by atoms with van der Waals surface area (Å²) in [6.45, 7) is 1.57. The van der Waals surface area contributed by atoms with Gasteiger partial charge in [0.25, 0.3) is 0 Å². The van der Waals surface area contributed by atoms with Gasteiger partial charge in [-0.3, -0.25) is 4.79 Å². The summed E-state index contributed by atoms with van der Waals surface area (Å²) in [5, 5.41) is 12.6. The lowest BCUT2D eigenvalue weighted by molar-refractivity contribution is 0.101. The second-order valence-electron chi connectivity index (χ2n) is 4.32. The first-order chi connectivity index (χ1) is 8.74. The number of nitrogens with zero attached hydrogens (tertiary/aromatic N) is 4. The fourth-order valence-corrected chi connectivity index (χ4v) is 2.50. The second kappa shape index (κ2) is 4.53. The van der Waals surface area contributed by atoms with E-state index in [4.69, 9.17) is 0 Å². The maximum Gasteiger partial charge on any atom is 0.214 e. The highest BCUT2D eigenvalue weighted by molar-refractivity contribution is 7.99. The Morgan fingerprint density at radius 2 is 2.06 bits per heavy atom. The summed E-state index contributed by atoms with van der Waals surface area (Å²) in [5.41, 5.74) is 0.723. The van der Waals surface area contributed by atoms with Gasteiger partial charge in [0.15, 0.2) is 5.78 Å². The molecule has 0 saturated heterocycles. The van der Waals surface area contributed by atoms with Gasteiger partial charge in [0.05, 0.1) is 6.04 Å². The van der Waals surface area contributed by atoms with Crippen molar-refractivity contribution in [2.45, 2.75) is 35.9 Å². The topological polar surface area (TPSA) is 60.7 Å². The third-order valence-corrected chi connectivity index (χ3v) is 3.78. The van der Waals surface area contributed by atoms with Gasteiger partial charge in [-0.1, -0.05) is 12.1 Å². The minimum Gasteiger partial charge on any atom is -0.295 e. The Bertz CT molecular complexity index is 574. The molecule has 1 aliphatic carbocycles. The highest BCUT2D eigenvalue weighted by atomic mass is 32.2. The van der Waals surface area contributed by atoms with Crippen LogP contribution in [0.15, 0.2) is 34.3 Å². The molecule has 0 amide bonds. The van der Waals surface area contributed by atoms with E-state index in [0.717, 1.165) is 28.5 Å². The number of hydrogen-bond acceptors (Lipinski definition) is 5. The normalized spacial score (nSPS) is 14.7. The summed E-state index contributed by atoms with van der Waals surface area (Å²) in [4.78, 5) is 12.2. The maximum absolute atomic E-state index is 11.2. The number of carbonyl (C=O) groups excluding carboxylic acids is 1. The van der Waals surface area contributed by atoms with Crippen LogP contribution in [0.5, 0.6) is 0 Å². The standard InChI is InChI=1S/C12H12N4OS/c1-8(17)9-2-6-11(7-3-9)18-12-13-14-15-16(12)10-4-5-10/h2-3,6-7,10H,4-5H2,1H3.